The van der Waals surface area contributed by atoms with Crippen LogP contribution in [0.3, 0.4) is 0 Å². The van der Waals surface area contributed by atoms with Crippen molar-refractivity contribution >= 4 is 12.0 Å². The summed E-state index contributed by atoms with van der Waals surface area (Å²) in [4.78, 5) is 28.7. The number of allylic oxidation sites excluding steroid dienone is 4. The highest BCUT2D eigenvalue weighted by Crippen LogP contribution is 2.61. The summed E-state index contributed by atoms with van der Waals surface area (Å²) >= 11 is 0. The van der Waals surface area contributed by atoms with Gasteiger partial charge in [-0.2, -0.15) is 0 Å². The van der Waals surface area contributed by atoms with Gasteiger partial charge in [0.15, 0.2) is 0 Å². The van der Waals surface area contributed by atoms with E-state index >= 15 is 0 Å². The van der Waals surface area contributed by atoms with E-state index in [4.69, 9.17) is 4.74 Å². The molecular weight excluding hydrogens is 328 g/mol. The molecule has 1 spiro atoms. The van der Waals surface area contributed by atoms with Crippen LogP contribution in [0.5, 0.6) is 0 Å². The lowest BCUT2D eigenvalue weighted by molar-refractivity contribution is -0.150. The van der Waals surface area contributed by atoms with E-state index in [1.54, 1.807) is 4.90 Å². The molecule has 5 nitrogen and oxygen atoms in total. The summed E-state index contributed by atoms with van der Waals surface area (Å²) in [5.41, 5.74) is 1.01. The van der Waals surface area contributed by atoms with Crippen molar-refractivity contribution in [3.63, 3.8) is 0 Å². The first-order valence-corrected chi connectivity index (χ1v) is 9.68. The van der Waals surface area contributed by atoms with Gasteiger partial charge in [0.25, 0.3) is 0 Å². The molecule has 0 aromatic carbocycles. The molecule has 142 valence electrons. The number of carbonyl (C=O) groups is 2. The highest BCUT2D eigenvalue weighted by Gasteiger charge is 2.58. The van der Waals surface area contributed by atoms with Crippen LogP contribution in [-0.4, -0.2) is 47.5 Å². The first-order valence-electron chi connectivity index (χ1n) is 9.68. The maximum Gasteiger partial charge on any atom is 0.410 e. The molecule has 0 radical (unpaired) electrons. The highest BCUT2D eigenvalue weighted by molar-refractivity contribution is 5.82. The van der Waals surface area contributed by atoms with E-state index in [1.165, 1.54) is 5.70 Å². The summed E-state index contributed by atoms with van der Waals surface area (Å²) < 4.78 is 5.42. The van der Waals surface area contributed by atoms with E-state index in [0.717, 1.165) is 32.4 Å². The number of nitrogens with zero attached hydrogens (tertiary/aromatic N) is 2. The average molecular weight is 358 g/mol. The van der Waals surface area contributed by atoms with Crippen LogP contribution in [0.4, 0.5) is 4.79 Å². The first-order chi connectivity index (χ1) is 12.0. The topological polar surface area (TPSA) is 49.9 Å². The molecule has 2 saturated carbocycles. The number of carbonyl (C=O) groups excluding carboxylic acids is 2. The normalized spacial score (nSPS) is 31.5. The second-order valence-corrected chi connectivity index (χ2v) is 10.0. The SMILES string of the molecule is CN(C(=O)C1CC2(C1)CN(C(=O)OC(C)(C)C)C2)C1=CC=CC2CC12C. The zero-order valence-corrected chi connectivity index (χ0v) is 16.5. The van der Waals surface area contributed by atoms with Gasteiger partial charge in [0, 0.05) is 42.6 Å². The predicted molar refractivity (Wildman–Crippen MR) is 99.2 cm³/mol. The number of hydrogen-bond acceptors (Lipinski definition) is 3. The van der Waals surface area contributed by atoms with Crippen LogP contribution in [0.1, 0.15) is 47.0 Å². The van der Waals surface area contributed by atoms with Gasteiger partial charge in [-0.25, -0.2) is 4.79 Å². The van der Waals surface area contributed by atoms with Crippen LogP contribution in [0.25, 0.3) is 0 Å². The third kappa shape index (κ3) is 2.76. The van der Waals surface area contributed by atoms with E-state index in [1.807, 2.05) is 32.7 Å². The van der Waals surface area contributed by atoms with Gasteiger partial charge in [-0.3, -0.25) is 4.79 Å². The minimum Gasteiger partial charge on any atom is -0.444 e. The number of hydrogen-bond donors (Lipinski definition) is 0. The van der Waals surface area contributed by atoms with Crippen molar-refractivity contribution in [2.45, 2.75) is 52.6 Å². The third-order valence-electron chi connectivity index (χ3n) is 6.59. The van der Waals surface area contributed by atoms with Crippen molar-refractivity contribution in [1.82, 2.24) is 9.80 Å². The molecule has 0 N–H and O–H groups in total. The Labute approximate surface area is 156 Å². The molecule has 1 saturated heterocycles. The van der Waals surface area contributed by atoms with Gasteiger partial charge >= 0.3 is 6.09 Å². The second-order valence-electron chi connectivity index (χ2n) is 10.0. The summed E-state index contributed by atoms with van der Waals surface area (Å²) in [5.74, 6) is 0.924. The molecule has 26 heavy (non-hydrogen) atoms. The number of rotatable bonds is 2. The fraction of sp³-hybridized carbons (Fsp3) is 0.714. The molecule has 2 atom stereocenters. The Kier molecular flexibility index (Phi) is 3.64. The Morgan fingerprint density at radius 3 is 2.50 bits per heavy atom. The zero-order valence-electron chi connectivity index (χ0n) is 16.5. The first kappa shape index (κ1) is 17.6. The molecule has 0 aromatic rings. The Balaban J connectivity index is 1.29. The van der Waals surface area contributed by atoms with Gasteiger partial charge in [-0.15, -0.1) is 0 Å². The van der Waals surface area contributed by atoms with E-state index in [0.29, 0.717) is 5.92 Å². The minimum atomic E-state index is -0.459. The van der Waals surface area contributed by atoms with Gasteiger partial charge in [0.05, 0.1) is 0 Å². The third-order valence-corrected chi connectivity index (χ3v) is 6.59. The minimum absolute atomic E-state index is 0.0911. The Bertz CT molecular complexity index is 703. The predicted octanol–water partition coefficient (Wildman–Crippen LogP) is 3.57. The van der Waals surface area contributed by atoms with Gasteiger partial charge in [0.1, 0.15) is 5.60 Å². The van der Waals surface area contributed by atoms with E-state index in [-0.39, 0.29) is 28.7 Å². The van der Waals surface area contributed by atoms with Crippen molar-refractivity contribution in [1.29, 1.82) is 0 Å². The molecule has 1 heterocycles. The molecule has 5 heteroatoms. The monoisotopic (exact) mass is 358 g/mol. The lowest BCUT2D eigenvalue weighted by Crippen LogP contribution is -2.65. The van der Waals surface area contributed by atoms with E-state index in [9.17, 15) is 9.59 Å². The van der Waals surface area contributed by atoms with E-state index in [2.05, 4.69) is 25.2 Å². The molecule has 0 bridgehead atoms. The second kappa shape index (κ2) is 5.37. The number of likely N-dealkylation sites (tertiary alicyclic amines) is 1. The molecular formula is C21H30N2O3. The summed E-state index contributed by atoms with van der Waals surface area (Å²) in [6.07, 6.45) is 9.13. The number of ether oxygens (including phenoxy) is 1. The van der Waals surface area contributed by atoms with Crippen LogP contribution < -0.4 is 0 Å². The van der Waals surface area contributed by atoms with Gasteiger partial charge in [-0.1, -0.05) is 19.1 Å². The molecule has 3 aliphatic carbocycles. The number of fused-ring (bicyclic) bond motifs is 1. The molecule has 4 rings (SSSR count). The van der Waals surface area contributed by atoms with Crippen molar-refractivity contribution < 1.29 is 14.3 Å². The van der Waals surface area contributed by atoms with Crippen LogP contribution in [0, 0.1) is 22.7 Å². The van der Waals surface area contributed by atoms with Crippen molar-refractivity contribution in [3.05, 3.63) is 23.9 Å². The lowest BCUT2D eigenvalue weighted by Gasteiger charge is -2.58. The van der Waals surface area contributed by atoms with Crippen LogP contribution in [0.15, 0.2) is 23.9 Å². The van der Waals surface area contributed by atoms with Crippen molar-refractivity contribution in [2.24, 2.45) is 22.7 Å². The molecule has 2 amide bonds. The van der Waals surface area contributed by atoms with Crippen LogP contribution in [-0.2, 0) is 9.53 Å². The molecule has 1 aliphatic heterocycles. The smallest absolute Gasteiger partial charge is 0.410 e. The quantitative estimate of drug-likeness (QED) is 0.758. The van der Waals surface area contributed by atoms with Gasteiger partial charge < -0.3 is 14.5 Å². The summed E-state index contributed by atoms with van der Waals surface area (Å²) in [6.45, 7) is 9.35. The summed E-state index contributed by atoms with van der Waals surface area (Å²) in [5, 5.41) is 0. The fourth-order valence-electron chi connectivity index (χ4n) is 4.97. The fourth-order valence-corrected chi connectivity index (χ4v) is 4.97. The Morgan fingerprint density at radius 1 is 1.23 bits per heavy atom. The summed E-state index contributed by atoms with van der Waals surface area (Å²) in [7, 11) is 1.92. The van der Waals surface area contributed by atoms with Crippen molar-refractivity contribution in [3.8, 4) is 0 Å². The molecule has 2 unspecified atom stereocenters. The standard InChI is InChI=1S/C21H30N2O3/c1-19(2,3)26-18(25)23-12-21(13-23)9-14(10-21)17(24)22(5)16-8-6-7-15-11-20(15,16)4/h6-8,14-15H,9-13H2,1-5H3. The summed E-state index contributed by atoms with van der Waals surface area (Å²) in [6, 6.07) is 0. The molecule has 0 aromatic heterocycles. The Hall–Kier alpha value is -1.78. The van der Waals surface area contributed by atoms with Gasteiger partial charge in [0.2, 0.25) is 5.91 Å². The Morgan fingerprint density at radius 2 is 1.88 bits per heavy atom. The van der Waals surface area contributed by atoms with Gasteiger partial charge in [-0.05, 0) is 52.0 Å². The zero-order chi connectivity index (χ0) is 18.9. The number of amides is 2. The van der Waals surface area contributed by atoms with Crippen LogP contribution in [0.2, 0.25) is 0 Å². The van der Waals surface area contributed by atoms with Crippen LogP contribution >= 0.6 is 0 Å². The highest BCUT2D eigenvalue weighted by atomic mass is 16.6. The maximum atomic E-state index is 12.9. The molecule has 4 aliphatic rings. The van der Waals surface area contributed by atoms with E-state index < -0.39 is 5.60 Å². The van der Waals surface area contributed by atoms with Crippen molar-refractivity contribution in [2.75, 3.05) is 20.1 Å². The maximum absolute atomic E-state index is 12.9. The largest absolute Gasteiger partial charge is 0.444 e. The average Bonchev–Trinajstić information content (AvgIpc) is 3.12. The lowest BCUT2D eigenvalue weighted by atomic mass is 9.57. The molecule has 3 fully saturated rings.